The second-order valence-electron chi connectivity index (χ2n) is 7.82. The molecule has 0 saturated carbocycles. The summed E-state index contributed by atoms with van der Waals surface area (Å²) < 4.78 is 13.0. The highest BCUT2D eigenvalue weighted by Gasteiger charge is 2.23. The van der Waals surface area contributed by atoms with Crippen LogP contribution in [0.1, 0.15) is 41.3 Å². The molecule has 2 aromatic carbocycles. The molecule has 0 radical (unpaired) electrons. The molecule has 0 spiro atoms. The van der Waals surface area contributed by atoms with Crippen LogP contribution in [0.15, 0.2) is 42.5 Å². The van der Waals surface area contributed by atoms with Gasteiger partial charge >= 0.3 is 0 Å². The molecule has 5 nitrogen and oxygen atoms in total. The van der Waals surface area contributed by atoms with Gasteiger partial charge in [-0.2, -0.15) is 0 Å². The summed E-state index contributed by atoms with van der Waals surface area (Å²) in [4.78, 5) is 28.9. The molecule has 2 amide bonds. The van der Waals surface area contributed by atoms with E-state index in [9.17, 15) is 14.0 Å². The lowest BCUT2D eigenvalue weighted by molar-refractivity contribution is -0.117. The van der Waals surface area contributed by atoms with Crippen molar-refractivity contribution in [2.24, 2.45) is 0 Å². The Bertz CT molecular complexity index is 872. The van der Waals surface area contributed by atoms with Crippen molar-refractivity contribution >= 4 is 17.5 Å². The van der Waals surface area contributed by atoms with Gasteiger partial charge in [0.1, 0.15) is 5.82 Å². The summed E-state index contributed by atoms with van der Waals surface area (Å²) in [5, 5.41) is 3.08. The fourth-order valence-corrected chi connectivity index (χ4v) is 3.61. The standard InChI is InChI=1S/C23H28FN3O2/c1-16(2)20-6-4-5-17(3)22(20)25-21(28)15-26-11-13-27(14-12-26)23(29)18-7-9-19(24)10-8-18/h4-10,16H,11-15H2,1-3H3,(H,25,28). The summed E-state index contributed by atoms with van der Waals surface area (Å²) in [6.45, 7) is 8.88. The molecule has 0 unspecified atom stereocenters. The number of piperazine rings is 1. The molecule has 154 valence electrons. The molecule has 2 aromatic rings. The van der Waals surface area contributed by atoms with Crippen molar-refractivity contribution in [1.82, 2.24) is 9.80 Å². The molecule has 1 heterocycles. The van der Waals surface area contributed by atoms with Crippen molar-refractivity contribution in [3.05, 3.63) is 65.0 Å². The molecule has 3 rings (SSSR count). The molecule has 1 N–H and O–H groups in total. The van der Waals surface area contributed by atoms with Gasteiger partial charge in [0.15, 0.2) is 0 Å². The van der Waals surface area contributed by atoms with Gasteiger partial charge in [0.25, 0.3) is 5.91 Å². The van der Waals surface area contributed by atoms with Gasteiger partial charge in [-0.3, -0.25) is 14.5 Å². The molecule has 0 bridgehead atoms. The van der Waals surface area contributed by atoms with Crippen LogP contribution in [0.2, 0.25) is 0 Å². The monoisotopic (exact) mass is 397 g/mol. The molecule has 0 aromatic heterocycles. The average Bonchev–Trinajstić information content (AvgIpc) is 2.70. The third-order valence-electron chi connectivity index (χ3n) is 5.31. The van der Waals surface area contributed by atoms with Crippen molar-refractivity contribution in [3.8, 4) is 0 Å². The Balaban J connectivity index is 1.54. The lowest BCUT2D eigenvalue weighted by atomic mass is 9.98. The fraction of sp³-hybridized carbons (Fsp3) is 0.391. The number of amides is 2. The number of rotatable bonds is 5. The molecule has 1 fully saturated rings. The van der Waals surface area contributed by atoms with Gasteiger partial charge in [-0.25, -0.2) is 4.39 Å². The number of carbonyl (C=O) groups is 2. The van der Waals surface area contributed by atoms with Crippen LogP contribution in [-0.4, -0.2) is 54.3 Å². The number of nitrogens with one attached hydrogen (secondary N) is 1. The van der Waals surface area contributed by atoms with E-state index in [2.05, 4.69) is 24.1 Å². The molecule has 0 aliphatic carbocycles. The third-order valence-corrected chi connectivity index (χ3v) is 5.31. The molecule has 29 heavy (non-hydrogen) atoms. The van der Waals surface area contributed by atoms with Gasteiger partial charge in [-0.15, -0.1) is 0 Å². The fourth-order valence-electron chi connectivity index (χ4n) is 3.61. The van der Waals surface area contributed by atoms with E-state index in [4.69, 9.17) is 0 Å². The summed E-state index contributed by atoms with van der Waals surface area (Å²) in [6, 6.07) is 11.7. The summed E-state index contributed by atoms with van der Waals surface area (Å²) in [5.41, 5.74) is 3.57. The second kappa shape index (κ2) is 9.18. The van der Waals surface area contributed by atoms with Gasteiger partial charge in [-0.1, -0.05) is 32.0 Å². The van der Waals surface area contributed by atoms with E-state index in [1.165, 1.54) is 24.3 Å². The van der Waals surface area contributed by atoms with E-state index in [1.54, 1.807) is 4.90 Å². The van der Waals surface area contributed by atoms with Crippen molar-refractivity contribution in [2.45, 2.75) is 26.7 Å². The van der Waals surface area contributed by atoms with Crippen molar-refractivity contribution < 1.29 is 14.0 Å². The quantitative estimate of drug-likeness (QED) is 0.838. The number of benzene rings is 2. The zero-order valence-electron chi connectivity index (χ0n) is 17.2. The van der Waals surface area contributed by atoms with E-state index in [-0.39, 0.29) is 17.6 Å². The number of anilines is 1. The van der Waals surface area contributed by atoms with Gasteiger partial charge in [0.05, 0.1) is 6.54 Å². The van der Waals surface area contributed by atoms with Gasteiger partial charge in [0.2, 0.25) is 5.91 Å². The maximum atomic E-state index is 13.0. The van der Waals surface area contributed by atoms with Crippen LogP contribution in [0.25, 0.3) is 0 Å². The summed E-state index contributed by atoms with van der Waals surface area (Å²) in [7, 11) is 0. The predicted octanol–water partition coefficient (Wildman–Crippen LogP) is 3.65. The zero-order chi connectivity index (χ0) is 21.0. The van der Waals surface area contributed by atoms with Crippen molar-refractivity contribution in [2.75, 3.05) is 38.0 Å². The highest BCUT2D eigenvalue weighted by Crippen LogP contribution is 2.27. The normalized spacial score (nSPS) is 14.9. The largest absolute Gasteiger partial charge is 0.336 e. The Morgan fingerprint density at radius 3 is 2.31 bits per heavy atom. The summed E-state index contributed by atoms with van der Waals surface area (Å²) in [6.07, 6.45) is 0. The summed E-state index contributed by atoms with van der Waals surface area (Å²) >= 11 is 0. The molecule has 1 aliphatic heterocycles. The highest BCUT2D eigenvalue weighted by molar-refractivity contribution is 5.95. The number of nitrogens with zero attached hydrogens (tertiary/aromatic N) is 2. The smallest absolute Gasteiger partial charge is 0.253 e. The van der Waals surface area contributed by atoms with Gasteiger partial charge < -0.3 is 10.2 Å². The van der Waals surface area contributed by atoms with Crippen LogP contribution in [0, 0.1) is 12.7 Å². The van der Waals surface area contributed by atoms with Crippen LogP contribution in [0.3, 0.4) is 0 Å². The number of aryl methyl sites for hydroxylation is 1. The topological polar surface area (TPSA) is 52.7 Å². The minimum Gasteiger partial charge on any atom is -0.336 e. The Hall–Kier alpha value is -2.73. The van der Waals surface area contributed by atoms with E-state index in [0.29, 0.717) is 44.2 Å². The molecule has 6 heteroatoms. The summed E-state index contributed by atoms with van der Waals surface area (Å²) in [5.74, 6) is -0.173. The Labute approximate surface area is 171 Å². The van der Waals surface area contributed by atoms with Crippen LogP contribution >= 0.6 is 0 Å². The molecular weight excluding hydrogens is 369 g/mol. The minimum absolute atomic E-state index is 0.0421. The minimum atomic E-state index is -0.355. The first kappa shape index (κ1) is 21.0. The maximum Gasteiger partial charge on any atom is 0.253 e. The SMILES string of the molecule is Cc1cccc(C(C)C)c1NC(=O)CN1CCN(C(=O)c2ccc(F)cc2)CC1. The Kier molecular flexibility index (Phi) is 6.64. The lowest BCUT2D eigenvalue weighted by Gasteiger charge is -2.34. The second-order valence-corrected chi connectivity index (χ2v) is 7.82. The first-order valence-electron chi connectivity index (χ1n) is 10.0. The zero-order valence-corrected chi connectivity index (χ0v) is 17.2. The average molecular weight is 397 g/mol. The van der Waals surface area contributed by atoms with Crippen LogP contribution in [0.4, 0.5) is 10.1 Å². The van der Waals surface area contributed by atoms with Crippen LogP contribution < -0.4 is 5.32 Å². The first-order valence-corrected chi connectivity index (χ1v) is 10.0. The van der Waals surface area contributed by atoms with Crippen molar-refractivity contribution in [3.63, 3.8) is 0 Å². The molecule has 1 saturated heterocycles. The van der Waals surface area contributed by atoms with Crippen LogP contribution in [0.5, 0.6) is 0 Å². The van der Waals surface area contributed by atoms with E-state index in [1.807, 2.05) is 25.1 Å². The molecule has 0 atom stereocenters. The number of hydrogen-bond acceptors (Lipinski definition) is 3. The van der Waals surface area contributed by atoms with E-state index >= 15 is 0 Å². The molecule has 1 aliphatic rings. The number of carbonyl (C=O) groups excluding carboxylic acids is 2. The first-order chi connectivity index (χ1) is 13.8. The van der Waals surface area contributed by atoms with Crippen LogP contribution in [-0.2, 0) is 4.79 Å². The number of hydrogen-bond donors (Lipinski definition) is 1. The lowest BCUT2D eigenvalue weighted by Crippen LogP contribution is -2.50. The Morgan fingerprint density at radius 2 is 1.69 bits per heavy atom. The van der Waals surface area contributed by atoms with Gasteiger partial charge in [-0.05, 0) is 48.2 Å². The van der Waals surface area contributed by atoms with Gasteiger partial charge in [0, 0.05) is 37.4 Å². The predicted molar refractivity (Wildman–Crippen MR) is 113 cm³/mol. The van der Waals surface area contributed by atoms with E-state index in [0.717, 1.165) is 16.8 Å². The maximum absolute atomic E-state index is 13.0. The molecular formula is C23H28FN3O2. The van der Waals surface area contributed by atoms with Crippen molar-refractivity contribution in [1.29, 1.82) is 0 Å². The Morgan fingerprint density at radius 1 is 1.03 bits per heavy atom. The third kappa shape index (κ3) is 5.21. The number of para-hydroxylation sites is 1. The van der Waals surface area contributed by atoms with E-state index < -0.39 is 0 Å². The highest BCUT2D eigenvalue weighted by atomic mass is 19.1. The number of halogens is 1.